The molecule has 7 nitrogen and oxygen atoms in total. The van der Waals surface area contributed by atoms with Crippen LogP contribution in [-0.4, -0.2) is 34.5 Å². The van der Waals surface area contributed by atoms with Crippen molar-refractivity contribution in [3.05, 3.63) is 40.8 Å². The minimum Gasteiger partial charge on any atom is -0.369 e. The fourth-order valence-electron chi connectivity index (χ4n) is 3.53. The number of nitrogens with one attached hydrogen (secondary N) is 1. The summed E-state index contributed by atoms with van der Waals surface area (Å²) >= 11 is 0. The molecular weight excluding hydrogens is 344 g/mol. The van der Waals surface area contributed by atoms with E-state index in [4.69, 9.17) is 5.73 Å². The molecule has 3 rings (SSSR count). The number of rotatable bonds is 4. The maximum atomic E-state index is 12.7. The normalized spacial score (nSPS) is 15.3. The Labute approximate surface area is 158 Å². The summed E-state index contributed by atoms with van der Waals surface area (Å²) in [5.74, 6) is -0.162. The first-order chi connectivity index (χ1) is 12.9. The van der Waals surface area contributed by atoms with Gasteiger partial charge in [0.1, 0.15) is 0 Å². The van der Waals surface area contributed by atoms with Gasteiger partial charge < -0.3 is 20.5 Å². The summed E-state index contributed by atoms with van der Waals surface area (Å²) in [6.45, 7) is 5.65. The third kappa shape index (κ3) is 4.13. The number of carbonyl (C=O) groups excluding carboxylic acids is 2. The number of piperidine rings is 1. The standard InChI is InChI=1S/C20H26N4O3/c1-13(2)11-24-12-17(15-5-3-4-6-16(15)19(24)26)22-20(27)23-9-7-14(8-10-23)18(21)25/h3-6,12-14H,7-11H2,1-2H3,(H2,21,25)(H,22,27). The number of pyridine rings is 1. The zero-order valence-corrected chi connectivity index (χ0v) is 15.8. The molecule has 0 saturated carbocycles. The minimum absolute atomic E-state index is 0.0560. The molecule has 1 saturated heterocycles. The average Bonchev–Trinajstić information content (AvgIpc) is 2.65. The third-order valence-electron chi connectivity index (χ3n) is 4.98. The van der Waals surface area contributed by atoms with Gasteiger partial charge in [0.2, 0.25) is 5.91 Å². The summed E-state index contributed by atoms with van der Waals surface area (Å²) in [5, 5.41) is 4.26. The molecule has 0 spiro atoms. The number of anilines is 1. The molecule has 1 aromatic heterocycles. The first kappa shape index (κ1) is 18.9. The van der Waals surface area contributed by atoms with E-state index in [2.05, 4.69) is 5.32 Å². The number of benzene rings is 1. The topological polar surface area (TPSA) is 97.4 Å². The van der Waals surface area contributed by atoms with Crippen molar-refractivity contribution in [1.82, 2.24) is 9.47 Å². The maximum absolute atomic E-state index is 12.7. The van der Waals surface area contributed by atoms with Crippen molar-refractivity contribution < 1.29 is 9.59 Å². The van der Waals surface area contributed by atoms with E-state index < -0.39 is 0 Å². The van der Waals surface area contributed by atoms with Crippen molar-refractivity contribution in [2.45, 2.75) is 33.2 Å². The van der Waals surface area contributed by atoms with E-state index in [1.54, 1.807) is 21.7 Å². The van der Waals surface area contributed by atoms with Crippen molar-refractivity contribution >= 4 is 28.4 Å². The SMILES string of the molecule is CC(C)Cn1cc(NC(=O)N2CCC(C(N)=O)CC2)c2ccccc2c1=O. The molecule has 2 heterocycles. The molecule has 0 bridgehead atoms. The van der Waals surface area contributed by atoms with E-state index in [9.17, 15) is 14.4 Å². The molecule has 7 heteroatoms. The predicted molar refractivity (Wildman–Crippen MR) is 106 cm³/mol. The number of urea groups is 1. The number of nitrogens with two attached hydrogens (primary N) is 1. The summed E-state index contributed by atoms with van der Waals surface area (Å²) in [5.41, 5.74) is 5.92. The second-order valence-corrected chi connectivity index (χ2v) is 7.53. The lowest BCUT2D eigenvalue weighted by Gasteiger charge is -2.30. The monoisotopic (exact) mass is 370 g/mol. The van der Waals surface area contributed by atoms with Gasteiger partial charge in [-0.1, -0.05) is 32.0 Å². The van der Waals surface area contributed by atoms with Crippen molar-refractivity contribution in [1.29, 1.82) is 0 Å². The van der Waals surface area contributed by atoms with E-state index >= 15 is 0 Å². The van der Waals surface area contributed by atoms with Gasteiger partial charge in [-0.2, -0.15) is 0 Å². The number of nitrogens with zero attached hydrogens (tertiary/aromatic N) is 2. The Hall–Kier alpha value is -2.83. The molecule has 1 aromatic carbocycles. The number of primary amides is 1. The highest BCUT2D eigenvalue weighted by Crippen LogP contribution is 2.23. The number of aromatic nitrogens is 1. The molecule has 144 valence electrons. The molecule has 0 unspecified atom stereocenters. The second kappa shape index (κ2) is 7.82. The summed E-state index contributed by atoms with van der Waals surface area (Å²) in [7, 11) is 0. The highest BCUT2D eigenvalue weighted by atomic mass is 16.2. The summed E-state index contributed by atoms with van der Waals surface area (Å²) in [4.78, 5) is 38.4. The highest BCUT2D eigenvalue weighted by Gasteiger charge is 2.26. The van der Waals surface area contributed by atoms with Crippen LogP contribution in [0.15, 0.2) is 35.3 Å². The molecule has 3 amide bonds. The van der Waals surface area contributed by atoms with Crippen molar-refractivity contribution in [3.8, 4) is 0 Å². The van der Waals surface area contributed by atoms with Crippen LogP contribution < -0.4 is 16.6 Å². The molecule has 3 N–H and O–H groups in total. The van der Waals surface area contributed by atoms with E-state index in [-0.39, 0.29) is 23.4 Å². The van der Waals surface area contributed by atoms with Gasteiger partial charge in [-0.05, 0) is 24.8 Å². The van der Waals surface area contributed by atoms with E-state index in [0.29, 0.717) is 49.5 Å². The maximum Gasteiger partial charge on any atom is 0.321 e. The van der Waals surface area contributed by atoms with Crippen molar-refractivity contribution in [3.63, 3.8) is 0 Å². The first-order valence-corrected chi connectivity index (χ1v) is 9.34. The molecule has 0 aliphatic carbocycles. The summed E-state index contributed by atoms with van der Waals surface area (Å²) in [6.07, 6.45) is 2.88. The van der Waals surface area contributed by atoms with Gasteiger partial charge in [0, 0.05) is 42.5 Å². The van der Waals surface area contributed by atoms with Gasteiger partial charge in [-0.25, -0.2) is 4.79 Å². The average molecular weight is 370 g/mol. The molecule has 0 atom stereocenters. The third-order valence-corrected chi connectivity index (χ3v) is 4.98. The number of likely N-dealkylation sites (tertiary alicyclic amines) is 1. The Morgan fingerprint density at radius 1 is 1.19 bits per heavy atom. The molecule has 2 aromatic rings. The Morgan fingerprint density at radius 3 is 2.41 bits per heavy atom. The molecule has 1 fully saturated rings. The number of hydrogen-bond acceptors (Lipinski definition) is 3. The van der Waals surface area contributed by atoms with E-state index in [1.165, 1.54) is 0 Å². The molecule has 27 heavy (non-hydrogen) atoms. The fourth-order valence-corrected chi connectivity index (χ4v) is 3.53. The minimum atomic E-state index is -0.304. The van der Waals surface area contributed by atoms with Gasteiger partial charge >= 0.3 is 6.03 Å². The first-order valence-electron chi connectivity index (χ1n) is 9.34. The molecule has 0 radical (unpaired) electrons. The fraction of sp³-hybridized carbons (Fsp3) is 0.450. The Morgan fingerprint density at radius 2 is 1.81 bits per heavy atom. The van der Waals surface area contributed by atoms with E-state index in [0.717, 1.165) is 5.39 Å². The van der Waals surface area contributed by atoms with E-state index in [1.807, 2.05) is 32.0 Å². The molecular formula is C20H26N4O3. The van der Waals surface area contributed by atoms with Crippen LogP contribution in [0.4, 0.5) is 10.5 Å². The number of amides is 3. The number of hydrogen-bond donors (Lipinski definition) is 2. The van der Waals surface area contributed by atoms with Crippen molar-refractivity contribution in [2.24, 2.45) is 17.6 Å². The lowest BCUT2D eigenvalue weighted by atomic mass is 9.96. The van der Waals surface area contributed by atoms with Crippen LogP contribution in [0.25, 0.3) is 10.8 Å². The quantitative estimate of drug-likeness (QED) is 0.865. The van der Waals surface area contributed by atoms with Crippen LogP contribution in [-0.2, 0) is 11.3 Å². The van der Waals surface area contributed by atoms with Crippen LogP contribution >= 0.6 is 0 Å². The molecule has 1 aliphatic heterocycles. The largest absolute Gasteiger partial charge is 0.369 e. The highest BCUT2D eigenvalue weighted by molar-refractivity contribution is 6.01. The lowest BCUT2D eigenvalue weighted by molar-refractivity contribution is -0.122. The van der Waals surface area contributed by atoms with Crippen LogP contribution in [0.1, 0.15) is 26.7 Å². The van der Waals surface area contributed by atoms with Gasteiger partial charge in [0.05, 0.1) is 5.69 Å². The van der Waals surface area contributed by atoms with Crippen LogP contribution in [0.5, 0.6) is 0 Å². The van der Waals surface area contributed by atoms with Crippen LogP contribution in [0.2, 0.25) is 0 Å². The smallest absolute Gasteiger partial charge is 0.321 e. The Bertz CT molecular complexity index is 911. The van der Waals surface area contributed by atoms with Gasteiger partial charge in [-0.3, -0.25) is 9.59 Å². The lowest BCUT2D eigenvalue weighted by Crippen LogP contribution is -2.43. The molecule has 1 aliphatic rings. The van der Waals surface area contributed by atoms with Crippen molar-refractivity contribution in [2.75, 3.05) is 18.4 Å². The zero-order chi connectivity index (χ0) is 19.6. The summed E-state index contributed by atoms with van der Waals surface area (Å²) < 4.78 is 1.65. The van der Waals surface area contributed by atoms with Crippen LogP contribution in [0.3, 0.4) is 0 Å². The summed E-state index contributed by atoms with van der Waals surface area (Å²) in [6, 6.07) is 7.07. The number of fused-ring (bicyclic) bond motifs is 1. The zero-order valence-electron chi connectivity index (χ0n) is 15.8. The Kier molecular flexibility index (Phi) is 5.48. The predicted octanol–water partition coefficient (Wildman–Crippen LogP) is 2.39. The van der Waals surface area contributed by atoms with Gasteiger partial charge in [-0.15, -0.1) is 0 Å². The second-order valence-electron chi connectivity index (χ2n) is 7.53. The van der Waals surface area contributed by atoms with Crippen LogP contribution in [0, 0.1) is 11.8 Å². The Balaban J connectivity index is 1.86. The number of carbonyl (C=O) groups is 2. The van der Waals surface area contributed by atoms with Gasteiger partial charge in [0.15, 0.2) is 0 Å². The van der Waals surface area contributed by atoms with Gasteiger partial charge in [0.25, 0.3) is 5.56 Å².